The van der Waals surface area contributed by atoms with Gasteiger partial charge in [0.15, 0.2) is 0 Å². The topological polar surface area (TPSA) is 26.0 Å². The second kappa shape index (κ2) is 5.48. The first kappa shape index (κ1) is 16.8. The van der Waals surface area contributed by atoms with Crippen LogP contribution < -0.4 is 0 Å². The van der Waals surface area contributed by atoms with Crippen LogP contribution >= 0.6 is 0 Å². The molecule has 0 atom stereocenters. The van der Waals surface area contributed by atoms with Crippen LogP contribution in [0.1, 0.15) is 50.3 Å². The van der Waals surface area contributed by atoms with Crippen molar-refractivity contribution in [1.82, 2.24) is 4.98 Å². The highest BCUT2D eigenvalue weighted by atomic mass is 16.3. The maximum Gasteiger partial charge on any atom is 0.139 e. The molecule has 0 bridgehead atoms. The van der Waals surface area contributed by atoms with Crippen LogP contribution in [0, 0.1) is 0 Å². The lowest BCUT2D eigenvalue weighted by atomic mass is 9.73. The molecule has 0 spiro atoms. The number of nitrogens with zero attached hydrogens (tertiary/aromatic N) is 1. The summed E-state index contributed by atoms with van der Waals surface area (Å²) in [6.45, 7) is 9.14. The van der Waals surface area contributed by atoms with Gasteiger partial charge in [-0.05, 0) is 39.4 Å². The van der Waals surface area contributed by atoms with Gasteiger partial charge in [-0.1, -0.05) is 76.2 Å². The lowest BCUT2D eigenvalue weighted by molar-refractivity contribution is 0.641. The third-order valence-corrected chi connectivity index (χ3v) is 6.67. The van der Waals surface area contributed by atoms with Crippen molar-refractivity contribution in [3.63, 3.8) is 0 Å². The molecule has 0 amide bonds. The molecule has 0 N–H and O–H groups in total. The fraction of sp³-hybridized carbons (Fsp3) is 0.222. The zero-order valence-corrected chi connectivity index (χ0v) is 17.2. The standard InChI is InChI=1S/C27H23NO/c1-15(2)17-11-12-20-22-23-21(29-26(17)22)13-14-28-25(23)19-10-9-16-7-5-6-8-18(16)24(19)27(20,3)4/h5-15H,1-4H3. The van der Waals surface area contributed by atoms with Crippen LogP contribution in [-0.4, -0.2) is 4.98 Å². The monoisotopic (exact) mass is 377 g/mol. The molecule has 0 saturated heterocycles. The smallest absolute Gasteiger partial charge is 0.139 e. The van der Waals surface area contributed by atoms with Crippen molar-refractivity contribution in [1.29, 1.82) is 0 Å². The molecule has 0 unspecified atom stereocenters. The summed E-state index contributed by atoms with van der Waals surface area (Å²) in [6, 6.07) is 19.7. The Morgan fingerprint density at radius 1 is 0.897 bits per heavy atom. The van der Waals surface area contributed by atoms with Gasteiger partial charge in [0.2, 0.25) is 0 Å². The Morgan fingerprint density at radius 2 is 1.72 bits per heavy atom. The highest BCUT2D eigenvalue weighted by molar-refractivity contribution is 6.16. The molecule has 2 heterocycles. The van der Waals surface area contributed by atoms with Crippen molar-refractivity contribution in [2.45, 2.75) is 39.0 Å². The zero-order chi connectivity index (χ0) is 19.9. The van der Waals surface area contributed by atoms with Crippen LogP contribution in [-0.2, 0) is 5.41 Å². The van der Waals surface area contributed by atoms with E-state index in [1.54, 1.807) is 0 Å². The van der Waals surface area contributed by atoms with E-state index in [0.717, 1.165) is 22.2 Å². The predicted molar refractivity (Wildman–Crippen MR) is 121 cm³/mol. The number of pyridine rings is 1. The molecule has 2 heteroatoms. The van der Waals surface area contributed by atoms with Crippen molar-refractivity contribution >= 4 is 32.7 Å². The molecule has 2 nitrogen and oxygen atoms in total. The first-order chi connectivity index (χ1) is 14.0. The normalized spacial score (nSPS) is 14.8. The van der Waals surface area contributed by atoms with E-state index in [1.165, 1.54) is 38.4 Å². The summed E-state index contributed by atoms with van der Waals surface area (Å²) in [6.07, 6.45) is 1.88. The average Bonchev–Trinajstić information content (AvgIpc) is 3.07. The maximum atomic E-state index is 6.46. The van der Waals surface area contributed by atoms with Crippen molar-refractivity contribution in [2.24, 2.45) is 0 Å². The van der Waals surface area contributed by atoms with Crippen molar-refractivity contribution in [3.8, 4) is 11.3 Å². The number of hydrogen-bond donors (Lipinski definition) is 0. The molecule has 5 aromatic rings. The summed E-state index contributed by atoms with van der Waals surface area (Å²) >= 11 is 0. The van der Waals surface area contributed by atoms with Crippen LogP contribution in [0.25, 0.3) is 44.0 Å². The minimum absolute atomic E-state index is 0.179. The van der Waals surface area contributed by atoms with Crippen molar-refractivity contribution < 1.29 is 4.42 Å². The molecule has 2 aromatic heterocycles. The van der Waals surface area contributed by atoms with E-state index < -0.39 is 0 Å². The SMILES string of the molecule is CC(C)c1ccc2c3c1oc1ccnc(c13)-c1ccc3ccccc3c1C2(C)C. The fourth-order valence-corrected chi connectivity index (χ4v) is 5.29. The van der Waals surface area contributed by atoms with Gasteiger partial charge in [-0.25, -0.2) is 0 Å². The Morgan fingerprint density at radius 3 is 2.55 bits per heavy atom. The van der Waals surface area contributed by atoms with Crippen LogP contribution in [0.15, 0.2) is 65.2 Å². The average molecular weight is 377 g/mol. The number of furan rings is 1. The minimum Gasteiger partial charge on any atom is -0.456 e. The third kappa shape index (κ3) is 2.04. The zero-order valence-electron chi connectivity index (χ0n) is 17.2. The summed E-state index contributed by atoms with van der Waals surface area (Å²) in [5.74, 6) is 0.399. The van der Waals surface area contributed by atoms with Crippen LogP contribution in [0.4, 0.5) is 0 Å². The van der Waals surface area contributed by atoms with E-state index in [4.69, 9.17) is 9.40 Å². The van der Waals surface area contributed by atoms with Gasteiger partial charge in [0.25, 0.3) is 0 Å². The van der Waals surface area contributed by atoms with E-state index >= 15 is 0 Å². The lowest BCUT2D eigenvalue weighted by Gasteiger charge is -2.29. The highest BCUT2D eigenvalue weighted by Gasteiger charge is 2.36. The maximum absolute atomic E-state index is 6.46. The van der Waals surface area contributed by atoms with Gasteiger partial charge in [-0.3, -0.25) is 4.98 Å². The fourth-order valence-electron chi connectivity index (χ4n) is 5.29. The number of fused-ring (bicyclic) bond motifs is 4. The van der Waals surface area contributed by atoms with Crippen LogP contribution in [0.2, 0.25) is 0 Å². The summed E-state index contributed by atoms with van der Waals surface area (Å²) < 4.78 is 6.46. The first-order valence-electron chi connectivity index (χ1n) is 10.4. The molecule has 1 aliphatic carbocycles. The van der Waals surface area contributed by atoms with Crippen LogP contribution in [0.5, 0.6) is 0 Å². The Bertz CT molecular complexity index is 1450. The largest absolute Gasteiger partial charge is 0.456 e. The van der Waals surface area contributed by atoms with E-state index in [0.29, 0.717) is 5.92 Å². The van der Waals surface area contributed by atoms with Gasteiger partial charge in [-0.2, -0.15) is 0 Å². The number of aromatic nitrogens is 1. The highest BCUT2D eigenvalue weighted by Crippen LogP contribution is 2.51. The van der Waals surface area contributed by atoms with Gasteiger partial charge in [-0.15, -0.1) is 0 Å². The third-order valence-electron chi connectivity index (χ3n) is 6.67. The Kier molecular flexibility index (Phi) is 3.17. The second-order valence-corrected chi connectivity index (χ2v) is 9.03. The van der Waals surface area contributed by atoms with Gasteiger partial charge in [0.05, 0.1) is 11.1 Å². The van der Waals surface area contributed by atoms with Gasteiger partial charge < -0.3 is 4.42 Å². The minimum atomic E-state index is -0.179. The molecule has 6 rings (SSSR count). The van der Waals surface area contributed by atoms with Crippen LogP contribution in [0.3, 0.4) is 0 Å². The van der Waals surface area contributed by atoms with Crippen molar-refractivity contribution in [2.75, 3.05) is 0 Å². The van der Waals surface area contributed by atoms with Gasteiger partial charge >= 0.3 is 0 Å². The Hall–Kier alpha value is -3.13. The molecule has 0 fully saturated rings. The molecular weight excluding hydrogens is 354 g/mol. The number of rotatable bonds is 1. The molecule has 142 valence electrons. The second-order valence-electron chi connectivity index (χ2n) is 9.03. The molecule has 3 aromatic carbocycles. The van der Waals surface area contributed by atoms with Gasteiger partial charge in [0.1, 0.15) is 11.2 Å². The quantitative estimate of drug-likeness (QED) is 0.301. The molecule has 0 aliphatic heterocycles. The molecular formula is C27H23NO. The van der Waals surface area contributed by atoms with E-state index in [-0.39, 0.29) is 5.41 Å². The lowest BCUT2D eigenvalue weighted by Crippen LogP contribution is -2.20. The summed E-state index contributed by atoms with van der Waals surface area (Å²) in [5, 5.41) is 4.96. The molecule has 0 radical (unpaired) electrons. The number of benzene rings is 3. The summed E-state index contributed by atoms with van der Waals surface area (Å²) in [7, 11) is 0. The summed E-state index contributed by atoms with van der Waals surface area (Å²) in [5.41, 5.74) is 7.95. The Labute approximate surface area is 170 Å². The van der Waals surface area contributed by atoms with Gasteiger partial charge in [0, 0.05) is 22.6 Å². The predicted octanol–water partition coefficient (Wildman–Crippen LogP) is 7.56. The molecule has 29 heavy (non-hydrogen) atoms. The van der Waals surface area contributed by atoms with E-state index in [9.17, 15) is 0 Å². The van der Waals surface area contributed by atoms with Crippen molar-refractivity contribution in [3.05, 3.63) is 77.5 Å². The first-order valence-corrected chi connectivity index (χ1v) is 10.4. The molecule has 1 aliphatic rings. The summed E-state index contributed by atoms with van der Waals surface area (Å²) in [4.78, 5) is 4.88. The number of hydrogen-bond acceptors (Lipinski definition) is 2. The molecule has 0 saturated carbocycles. The Balaban J connectivity index is 1.91. The van der Waals surface area contributed by atoms with E-state index in [1.807, 2.05) is 12.3 Å². The van der Waals surface area contributed by atoms with E-state index in [2.05, 4.69) is 76.2 Å².